The zero-order valence-electron chi connectivity index (χ0n) is 41.5. The van der Waals surface area contributed by atoms with Crippen molar-refractivity contribution in [2.24, 2.45) is 0 Å². The van der Waals surface area contributed by atoms with Crippen molar-refractivity contribution >= 4 is 59.6 Å². The van der Waals surface area contributed by atoms with Crippen molar-refractivity contribution in [1.82, 2.24) is 4.90 Å². The van der Waals surface area contributed by atoms with E-state index in [-0.39, 0.29) is 6.61 Å². The smallest absolute Gasteiger partial charge is 0.303 e. The molecule has 3 fully saturated rings. The Kier molecular flexibility index (Phi) is 21.9. The highest BCUT2D eigenvalue weighted by Gasteiger charge is 2.60. The predicted octanol–water partition coefficient (Wildman–Crippen LogP) is 0.275. The molecule has 26 heteroatoms. The number of esters is 8. The lowest BCUT2D eigenvalue weighted by molar-refractivity contribution is -0.378. The van der Waals surface area contributed by atoms with Gasteiger partial charge in [-0.15, -0.1) is 0 Å². The van der Waals surface area contributed by atoms with Gasteiger partial charge in [0.05, 0.1) is 13.2 Å². The molecule has 0 aromatic heterocycles. The topological polar surface area (TPSA) is 312 Å². The largest absolute Gasteiger partial charge is 0.463 e. The molecule has 72 heavy (non-hydrogen) atoms. The van der Waals surface area contributed by atoms with Gasteiger partial charge < -0.3 is 71.1 Å². The number of carbonyl (C=O) groups is 10. The third kappa shape index (κ3) is 16.4. The summed E-state index contributed by atoms with van der Waals surface area (Å²) in [7, 11) is 1.17. The molecule has 0 radical (unpaired) electrons. The Hall–Kier alpha value is -6.16. The molecule has 0 saturated carbocycles. The number of rotatable bonds is 20. The van der Waals surface area contributed by atoms with Crippen LogP contribution in [0.2, 0.25) is 0 Å². The molecule has 3 heterocycles. The minimum atomic E-state index is -2.03. The summed E-state index contributed by atoms with van der Waals surface area (Å²) >= 11 is 0. The first-order valence-corrected chi connectivity index (χ1v) is 22.4. The van der Waals surface area contributed by atoms with Crippen molar-refractivity contribution in [3.05, 3.63) is 35.9 Å². The number of benzene rings is 1. The number of methoxy groups -OCH3 is 1. The highest BCUT2D eigenvalue weighted by atomic mass is 16.8. The first-order valence-electron chi connectivity index (χ1n) is 22.4. The summed E-state index contributed by atoms with van der Waals surface area (Å²) in [6.45, 7) is 8.34. The number of amides is 2. The number of imide groups is 1. The molecule has 1 aromatic carbocycles. The number of hydrogen-bond donors (Lipinski definition) is 0. The van der Waals surface area contributed by atoms with Crippen LogP contribution in [0.4, 0.5) is 0 Å². The number of nitrogens with zero attached hydrogens (tertiary/aromatic N) is 1. The van der Waals surface area contributed by atoms with Gasteiger partial charge in [-0.25, -0.2) is 0 Å². The van der Waals surface area contributed by atoms with Gasteiger partial charge in [-0.2, -0.15) is 0 Å². The first-order chi connectivity index (χ1) is 33.9. The molecule has 0 N–H and O–H groups in total. The van der Waals surface area contributed by atoms with Crippen LogP contribution in [-0.2, 0) is 126 Å². The molecule has 0 bridgehead atoms. The van der Waals surface area contributed by atoms with E-state index in [0.717, 1.165) is 69.2 Å². The Morgan fingerprint density at radius 1 is 0.431 bits per heavy atom. The van der Waals surface area contributed by atoms with Crippen LogP contribution in [-0.4, -0.2) is 183 Å². The Balaban J connectivity index is 2.05. The number of ether oxygens (including phenoxy) is 15. The molecule has 26 nitrogen and oxygen atoms in total. The fraction of sp³-hybridized carbons (Fsp3) is 0.652. The van der Waals surface area contributed by atoms with Crippen LogP contribution in [0.15, 0.2) is 30.3 Å². The van der Waals surface area contributed by atoms with Gasteiger partial charge in [0.25, 0.3) is 0 Å². The zero-order chi connectivity index (χ0) is 53.6. The van der Waals surface area contributed by atoms with Crippen LogP contribution in [0.3, 0.4) is 0 Å². The van der Waals surface area contributed by atoms with E-state index in [9.17, 15) is 47.9 Å². The van der Waals surface area contributed by atoms with Crippen LogP contribution in [0.1, 0.15) is 74.8 Å². The third-order valence-electron chi connectivity index (χ3n) is 10.7. The van der Waals surface area contributed by atoms with Gasteiger partial charge in [-0.1, -0.05) is 30.3 Å². The molecule has 1 aromatic rings. The average Bonchev–Trinajstić information content (AvgIpc) is 3.26. The van der Waals surface area contributed by atoms with Crippen LogP contribution in [0.5, 0.6) is 0 Å². The molecule has 15 atom stereocenters. The van der Waals surface area contributed by atoms with Gasteiger partial charge in [0.15, 0.2) is 55.5 Å². The van der Waals surface area contributed by atoms with Crippen LogP contribution in [0, 0.1) is 0 Å². The van der Waals surface area contributed by atoms with Crippen molar-refractivity contribution in [2.45, 2.75) is 168 Å². The highest BCUT2D eigenvalue weighted by Crippen LogP contribution is 2.39. The molecule has 0 aliphatic carbocycles. The summed E-state index contributed by atoms with van der Waals surface area (Å²) in [6.07, 6.45) is -24.6. The summed E-state index contributed by atoms with van der Waals surface area (Å²) in [5.41, 5.74) is 0.691. The van der Waals surface area contributed by atoms with E-state index in [0.29, 0.717) is 10.5 Å². The van der Waals surface area contributed by atoms with Gasteiger partial charge >= 0.3 is 47.8 Å². The van der Waals surface area contributed by atoms with Crippen LogP contribution < -0.4 is 0 Å². The van der Waals surface area contributed by atoms with Gasteiger partial charge in [-0.05, 0) is 5.56 Å². The third-order valence-corrected chi connectivity index (χ3v) is 10.7. The fourth-order valence-electron chi connectivity index (χ4n) is 8.23. The molecule has 3 aliphatic heterocycles. The second-order valence-electron chi connectivity index (χ2n) is 16.5. The quantitative estimate of drug-likeness (QED) is 0.125. The van der Waals surface area contributed by atoms with Crippen LogP contribution >= 0.6 is 0 Å². The predicted molar refractivity (Wildman–Crippen MR) is 232 cm³/mol. The SMILES string of the molecule is CO[C@@H]1O[C@H](COCc2ccccc2)[C@@H](O[C@H]2O[C@H](COC(C)=O)[C@@H](OC(C)=O)[C@H](OC(C)=O)[C@@H]2OC(C)=O)[C@H](O[C@@H]2O[C@H](COC(C)=O)[C@H](OC(C)=O)[C@H](OC(C)=O)[C@H]2OC(C)=O)[C@H]1N(C(C)=O)C(C)=O. The van der Waals surface area contributed by atoms with Crippen molar-refractivity contribution in [1.29, 1.82) is 0 Å². The second-order valence-corrected chi connectivity index (χ2v) is 16.5. The Morgan fingerprint density at radius 3 is 1.17 bits per heavy atom. The van der Waals surface area contributed by atoms with Gasteiger partial charge in [0, 0.05) is 76.3 Å². The Morgan fingerprint density at radius 2 is 0.792 bits per heavy atom. The monoisotopic (exact) mass is 1030 g/mol. The molecule has 0 spiro atoms. The molecular weight excluding hydrogens is 966 g/mol. The summed E-state index contributed by atoms with van der Waals surface area (Å²) < 4.78 is 88.6. The minimum absolute atomic E-state index is 0.0498. The second kappa shape index (κ2) is 27.0. The highest BCUT2D eigenvalue weighted by molar-refractivity contribution is 5.93. The minimum Gasteiger partial charge on any atom is -0.463 e. The molecule has 0 unspecified atom stereocenters. The van der Waals surface area contributed by atoms with E-state index in [2.05, 4.69) is 0 Å². The fourth-order valence-corrected chi connectivity index (χ4v) is 8.23. The molecule has 2 amide bonds. The van der Waals surface area contributed by atoms with E-state index in [4.69, 9.17) is 71.1 Å². The van der Waals surface area contributed by atoms with E-state index < -0.39 is 171 Å². The zero-order valence-corrected chi connectivity index (χ0v) is 41.5. The molecular formula is C46H61NO25. The van der Waals surface area contributed by atoms with E-state index >= 15 is 0 Å². The summed E-state index contributed by atoms with van der Waals surface area (Å²) in [4.78, 5) is 129. The summed E-state index contributed by atoms with van der Waals surface area (Å²) in [5, 5.41) is 0. The van der Waals surface area contributed by atoms with E-state index in [1.165, 1.54) is 7.11 Å². The molecule has 4 rings (SSSR count). The van der Waals surface area contributed by atoms with E-state index in [1.807, 2.05) is 0 Å². The normalized spacial score (nSPS) is 30.0. The lowest BCUT2D eigenvalue weighted by Gasteiger charge is -2.52. The van der Waals surface area contributed by atoms with Gasteiger partial charge in [0.2, 0.25) is 11.8 Å². The summed E-state index contributed by atoms with van der Waals surface area (Å²) in [5.74, 6) is -9.28. The van der Waals surface area contributed by atoms with Crippen molar-refractivity contribution in [3.8, 4) is 0 Å². The maximum absolute atomic E-state index is 13.6. The van der Waals surface area contributed by atoms with Gasteiger partial charge in [0.1, 0.15) is 49.8 Å². The maximum Gasteiger partial charge on any atom is 0.303 e. The number of carbonyl (C=O) groups excluding carboxylic acids is 10. The van der Waals surface area contributed by atoms with Crippen molar-refractivity contribution < 1.29 is 119 Å². The summed E-state index contributed by atoms with van der Waals surface area (Å²) in [6, 6.07) is 7.06. The van der Waals surface area contributed by atoms with E-state index in [1.54, 1.807) is 30.3 Å². The average molecular weight is 1030 g/mol. The molecule has 3 saturated heterocycles. The number of hydrogen-bond acceptors (Lipinski definition) is 25. The van der Waals surface area contributed by atoms with Gasteiger partial charge in [-0.3, -0.25) is 52.8 Å². The van der Waals surface area contributed by atoms with Crippen LogP contribution in [0.25, 0.3) is 0 Å². The standard InChI is InChI=1S/C46H61NO25/c1-21(48)47(22(2)49)35-39(72-46-43(67-30(10)57)41(65-28(8)55)38(63-26(6)53)34(70-46)20-61-24(4)51)36(32(68-44(35)58-11)18-59-17-31-15-13-12-14-16-31)71-45-42(66-29(9)56)40(64-27(7)54)37(62-25(5)52)33(69-45)19-60-23(3)50/h12-16,32-46H,17-20H2,1-11H3/t32-,33-,34-,35-,36-,37-,38+,39-,40+,41+,42+,43-,44-,45-,46+/m1/s1. The lowest BCUT2D eigenvalue weighted by atomic mass is 9.93. The van der Waals surface area contributed by atoms with Crippen molar-refractivity contribution in [2.75, 3.05) is 26.9 Å². The first kappa shape index (κ1) is 58.4. The molecule has 400 valence electrons. The lowest BCUT2D eigenvalue weighted by Crippen LogP contribution is -2.71. The van der Waals surface area contributed by atoms with Crippen molar-refractivity contribution in [3.63, 3.8) is 0 Å². The maximum atomic E-state index is 13.6. The Labute approximate surface area is 413 Å². The Bertz CT molecular complexity index is 2090. The molecule has 3 aliphatic rings.